The lowest BCUT2D eigenvalue weighted by Crippen LogP contribution is -2.62. The van der Waals surface area contributed by atoms with E-state index in [0.717, 1.165) is 12.0 Å². The van der Waals surface area contributed by atoms with Gasteiger partial charge in [0.1, 0.15) is 17.6 Å². The van der Waals surface area contributed by atoms with Crippen LogP contribution in [0.15, 0.2) is 54.6 Å². The minimum Gasteiger partial charge on any atom is -0.465 e. The molecule has 1 spiro atoms. The molecule has 6 atom stereocenters. The van der Waals surface area contributed by atoms with Gasteiger partial charge in [-0.3, -0.25) is 14.4 Å². The van der Waals surface area contributed by atoms with Gasteiger partial charge in [-0.05, 0) is 51.0 Å². The number of hydrogen-bond donors (Lipinski definition) is 1. The summed E-state index contributed by atoms with van der Waals surface area (Å²) in [5, 5.41) is 10.7. The van der Waals surface area contributed by atoms with Gasteiger partial charge in [0.05, 0.1) is 30.8 Å². The highest BCUT2D eigenvalue weighted by molar-refractivity contribution is 5.99. The number of benzene rings is 1. The second-order valence-corrected chi connectivity index (χ2v) is 14.0. The minimum atomic E-state index is -1.39. The average Bonchev–Trinajstić information content (AvgIpc) is 3.20. The minimum absolute atomic E-state index is 0.0521. The molecule has 41 heavy (non-hydrogen) atoms. The number of nitrogens with zero attached hydrogens (tertiary/aromatic N) is 2. The summed E-state index contributed by atoms with van der Waals surface area (Å²) in [7, 11) is 0. The Morgan fingerprint density at radius 2 is 1.71 bits per heavy atom. The van der Waals surface area contributed by atoms with E-state index >= 15 is 0 Å². The number of ether oxygens (including phenoxy) is 2. The highest BCUT2D eigenvalue weighted by Gasteiger charge is 2.75. The normalized spacial score (nSPS) is 32.6. The molecule has 2 saturated heterocycles. The van der Waals surface area contributed by atoms with Crippen LogP contribution in [0.4, 0.5) is 0 Å². The number of esters is 1. The summed E-state index contributed by atoms with van der Waals surface area (Å²) in [5.41, 5.74) is -2.17. The highest BCUT2D eigenvalue weighted by Crippen LogP contribution is 2.58. The summed E-state index contributed by atoms with van der Waals surface area (Å²) >= 11 is 0. The number of amides is 2. The van der Waals surface area contributed by atoms with Crippen LogP contribution in [0.1, 0.15) is 59.9 Å². The first-order valence-electron chi connectivity index (χ1n) is 14.7. The number of cyclic esters (lactones) is 1. The molecule has 2 fully saturated rings. The van der Waals surface area contributed by atoms with E-state index < -0.39 is 46.6 Å². The van der Waals surface area contributed by atoms with Crippen LogP contribution in [0.25, 0.3) is 0 Å². The molecule has 8 heteroatoms. The molecular weight excluding hydrogens is 520 g/mol. The number of aliphatic hydroxyl groups is 1. The Labute approximate surface area is 243 Å². The van der Waals surface area contributed by atoms with Crippen molar-refractivity contribution in [3.63, 3.8) is 0 Å². The van der Waals surface area contributed by atoms with Gasteiger partial charge in [-0.15, -0.1) is 0 Å². The van der Waals surface area contributed by atoms with Crippen molar-refractivity contribution in [1.29, 1.82) is 0 Å². The van der Waals surface area contributed by atoms with Gasteiger partial charge in [0.25, 0.3) is 0 Å². The van der Waals surface area contributed by atoms with E-state index in [-0.39, 0.29) is 30.4 Å². The van der Waals surface area contributed by atoms with Gasteiger partial charge >= 0.3 is 5.97 Å². The van der Waals surface area contributed by atoms with E-state index in [0.29, 0.717) is 19.4 Å². The van der Waals surface area contributed by atoms with E-state index in [1.165, 1.54) is 4.90 Å². The van der Waals surface area contributed by atoms with E-state index in [1.54, 1.807) is 6.92 Å². The molecule has 0 saturated carbocycles. The Bertz CT molecular complexity index is 1250. The maximum Gasteiger partial charge on any atom is 0.313 e. The SMILES string of the molecule is CC(C)(C)CC(C)(C)N1CC=C[C@]23O[C@]4(C)C=CCCOC(=O)[C@@H]4[C@H]2C(=O)N([C@@H](CO)Cc2ccccc2)C3C1=O. The van der Waals surface area contributed by atoms with E-state index in [1.807, 2.05) is 59.5 Å². The van der Waals surface area contributed by atoms with Gasteiger partial charge in [0.2, 0.25) is 11.8 Å². The molecule has 0 aliphatic carbocycles. The van der Waals surface area contributed by atoms with Crippen molar-refractivity contribution >= 4 is 17.8 Å². The zero-order valence-electron chi connectivity index (χ0n) is 25.1. The lowest BCUT2D eigenvalue weighted by Gasteiger charge is -2.45. The van der Waals surface area contributed by atoms with Crippen LogP contribution in [0.2, 0.25) is 0 Å². The largest absolute Gasteiger partial charge is 0.465 e. The number of aliphatic hydroxyl groups excluding tert-OH is 1. The molecule has 0 radical (unpaired) electrons. The van der Waals surface area contributed by atoms with Crippen molar-refractivity contribution in [2.24, 2.45) is 17.3 Å². The number of rotatable bonds is 6. The number of carbonyl (C=O) groups excluding carboxylic acids is 3. The van der Waals surface area contributed by atoms with Crippen molar-refractivity contribution in [2.45, 2.75) is 89.6 Å². The van der Waals surface area contributed by atoms with Crippen LogP contribution in [-0.2, 0) is 30.3 Å². The first kappa shape index (κ1) is 29.5. The van der Waals surface area contributed by atoms with Gasteiger partial charge in [0.15, 0.2) is 0 Å². The Morgan fingerprint density at radius 3 is 2.37 bits per heavy atom. The van der Waals surface area contributed by atoms with Gasteiger partial charge in [-0.1, -0.05) is 75.4 Å². The molecule has 2 amide bonds. The zero-order chi connectivity index (χ0) is 29.8. The molecule has 1 unspecified atom stereocenters. The number of likely N-dealkylation sites (tertiary alicyclic amines) is 1. The fourth-order valence-corrected chi connectivity index (χ4v) is 7.90. The molecule has 0 aromatic heterocycles. The molecule has 222 valence electrons. The van der Waals surface area contributed by atoms with Gasteiger partial charge in [0, 0.05) is 12.1 Å². The lowest BCUT2D eigenvalue weighted by molar-refractivity contribution is -0.163. The van der Waals surface area contributed by atoms with E-state index in [2.05, 4.69) is 34.6 Å². The van der Waals surface area contributed by atoms with Crippen LogP contribution in [0, 0.1) is 17.3 Å². The second-order valence-electron chi connectivity index (χ2n) is 14.0. The standard InChI is InChI=1S/C33H44N2O6/c1-30(2,3)21-31(4,5)34-17-12-16-33-24(25-29(39)40-18-11-10-15-32(25,6)41-33)27(37)35(26(33)28(34)38)23(20-36)19-22-13-8-7-9-14-22/h7-10,12-16,23-26,36H,11,17-21H2,1-6H3/t23-,24+,25+,26?,32-,33+/m1/s1. The molecule has 0 bridgehead atoms. The molecular formula is C33H44N2O6. The van der Waals surface area contributed by atoms with Crippen LogP contribution < -0.4 is 0 Å². The number of fused-ring (bicyclic) bond motifs is 2. The molecule has 1 aromatic carbocycles. The maximum absolute atomic E-state index is 14.8. The Morgan fingerprint density at radius 1 is 1.00 bits per heavy atom. The van der Waals surface area contributed by atoms with Crippen molar-refractivity contribution in [3.8, 4) is 0 Å². The molecule has 4 heterocycles. The van der Waals surface area contributed by atoms with E-state index in [4.69, 9.17) is 9.47 Å². The van der Waals surface area contributed by atoms with Gasteiger partial charge in [-0.2, -0.15) is 0 Å². The van der Waals surface area contributed by atoms with Crippen molar-refractivity contribution in [3.05, 3.63) is 60.2 Å². The fourth-order valence-electron chi connectivity index (χ4n) is 7.90. The predicted molar refractivity (Wildman–Crippen MR) is 155 cm³/mol. The third kappa shape index (κ3) is 5.03. The number of carbonyl (C=O) groups is 3. The van der Waals surface area contributed by atoms with Crippen molar-refractivity contribution < 1.29 is 29.0 Å². The molecule has 1 aromatic rings. The summed E-state index contributed by atoms with van der Waals surface area (Å²) in [6, 6.07) is 7.88. The molecule has 4 aliphatic rings. The monoisotopic (exact) mass is 564 g/mol. The van der Waals surface area contributed by atoms with Gasteiger partial charge in [-0.25, -0.2) is 0 Å². The van der Waals surface area contributed by atoms with Gasteiger partial charge < -0.3 is 24.4 Å². The molecule has 5 rings (SSSR count). The van der Waals surface area contributed by atoms with Crippen molar-refractivity contribution in [1.82, 2.24) is 9.80 Å². The Balaban J connectivity index is 1.66. The molecule has 1 N–H and O–H groups in total. The summed E-state index contributed by atoms with van der Waals surface area (Å²) in [4.78, 5) is 46.4. The smallest absolute Gasteiger partial charge is 0.313 e. The summed E-state index contributed by atoms with van der Waals surface area (Å²) in [6.07, 6.45) is 9.18. The topological polar surface area (TPSA) is 96.4 Å². The Hall–Kier alpha value is -2.97. The maximum atomic E-state index is 14.8. The summed E-state index contributed by atoms with van der Waals surface area (Å²) < 4.78 is 12.5. The average molecular weight is 565 g/mol. The summed E-state index contributed by atoms with van der Waals surface area (Å²) in [5.74, 6) is -2.99. The zero-order valence-corrected chi connectivity index (χ0v) is 25.1. The van der Waals surface area contributed by atoms with E-state index in [9.17, 15) is 19.5 Å². The quantitative estimate of drug-likeness (QED) is 0.418. The van der Waals surface area contributed by atoms with Crippen LogP contribution >= 0.6 is 0 Å². The molecule has 8 nitrogen and oxygen atoms in total. The predicted octanol–water partition coefficient (Wildman–Crippen LogP) is 3.68. The second kappa shape index (κ2) is 10.4. The first-order valence-corrected chi connectivity index (χ1v) is 14.7. The first-order chi connectivity index (χ1) is 19.2. The van der Waals surface area contributed by atoms with Crippen molar-refractivity contribution in [2.75, 3.05) is 19.8 Å². The third-order valence-corrected chi connectivity index (χ3v) is 9.07. The Kier molecular flexibility index (Phi) is 7.48. The third-order valence-electron chi connectivity index (χ3n) is 9.07. The number of hydrogen-bond acceptors (Lipinski definition) is 6. The van der Waals surface area contributed by atoms with Crippen LogP contribution in [0.3, 0.4) is 0 Å². The lowest BCUT2D eigenvalue weighted by atomic mass is 9.74. The molecule has 4 aliphatic heterocycles. The fraction of sp³-hybridized carbons (Fsp3) is 0.606. The van der Waals surface area contributed by atoms with Crippen LogP contribution in [0.5, 0.6) is 0 Å². The summed E-state index contributed by atoms with van der Waals surface area (Å²) in [6.45, 7) is 12.6. The highest BCUT2D eigenvalue weighted by atomic mass is 16.6. The van der Waals surface area contributed by atoms with Crippen LogP contribution in [-0.4, -0.2) is 81.3 Å².